The molecule has 0 radical (unpaired) electrons. The number of aromatic nitrogens is 1. The largest absolute Gasteiger partial charge is 0.350 e. The van der Waals surface area contributed by atoms with Crippen molar-refractivity contribution in [3.63, 3.8) is 0 Å². The van der Waals surface area contributed by atoms with Gasteiger partial charge in [-0.15, -0.1) is 0 Å². The van der Waals surface area contributed by atoms with Gasteiger partial charge in [0.25, 0.3) is 0 Å². The van der Waals surface area contributed by atoms with E-state index < -0.39 is 0 Å². The van der Waals surface area contributed by atoms with Crippen LogP contribution in [0, 0.1) is 0 Å². The van der Waals surface area contributed by atoms with E-state index in [9.17, 15) is 0 Å². The van der Waals surface area contributed by atoms with Gasteiger partial charge in [-0.2, -0.15) is 0 Å². The molecular formula is C18H27N3. The molecule has 0 saturated carbocycles. The SMILES string of the molecule is CCN(Cc1cn(C)c2ccccc12)CC1CCCCN1. The predicted octanol–water partition coefficient (Wildman–Crippen LogP) is 3.14. The van der Waals surface area contributed by atoms with Crippen LogP contribution in [0.4, 0.5) is 0 Å². The Morgan fingerprint density at radius 3 is 2.90 bits per heavy atom. The molecule has 1 unspecified atom stereocenters. The zero-order valence-corrected chi connectivity index (χ0v) is 13.3. The average Bonchev–Trinajstić information content (AvgIpc) is 2.84. The molecule has 1 N–H and O–H groups in total. The topological polar surface area (TPSA) is 20.2 Å². The number of benzene rings is 1. The molecule has 1 fully saturated rings. The number of hydrogen-bond donors (Lipinski definition) is 1. The summed E-state index contributed by atoms with van der Waals surface area (Å²) in [5.74, 6) is 0. The van der Waals surface area contributed by atoms with E-state index in [-0.39, 0.29) is 0 Å². The Labute approximate surface area is 127 Å². The third kappa shape index (κ3) is 3.30. The van der Waals surface area contributed by atoms with Gasteiger partial charge in [-0.25, -0.2) is 0 Å². The first-order valence-electron chi connectivity index (χ1n) is 8.26. The summed E-state index contributed by atoms with van der Waals surface area (Å²) in [4.78, 5) is 2.57. The highest BCUT2D eigenvalue weighted by Gasteiger charge is 2.17. The first kappa shape index (κ1) is 14.6. The number of rotatable bonds is 5. The monoisotopic (exact) mass is 285 g/mol. The quantitative estimate of drug-likeness (QED) is 0.910. The molecule has 1 atom stereocenters. The minimum atomic E-state index is 0.675. The summed E-state index contributed by atoms with van der Waals surface area (Å²) in [6.45, 7) is 6.79. The second-order valence-electron chi connectivity index (χ2n) is 6.26. The highest BCUT2D eigenvalue weighted by molar-refractivity contribution is 5.83. The van der Waals surface area contributed by atoms with E-state index in [2.05, 4.69) is 59.2 Å². The van der Waals surface area contributed by atoms with Crippen LogP contribution in [-0.4, -0.2) is 35.1 Å². The summed E-state index contributed by atoms with van der Waals surface area (Å²) in [6.07, 6.45) is 6.34. The lowest BCUT2D eigenvalue weighted by Crippen LogP contribution is -2.43. The fourth-order valence-electron chi connectivity index (χ4n) is 3.49. The summed E-state index contributed by atoms with van der Waals surface area (Å²) in [5.41, 5.74) is 2.78. The maximum Gasteiger partial charge on any atom is 0.0481 e. The zero-order chi connectivity index (χ0) is 14.7. The Morgan fingerprint density at radius 2 is 2.14 bits per heavy atom. The number of fused-ring (bicyclic) bond motifs is 1. The molecule has 2 aromatic rings. The van der Waals surface area contributed by atoms with E-state index in [0.29, 0.717) is 6.04 Å². The number of hydrogen-bond acceptors (Lipinski definition) is 2. The van der Waals surface area contributed by atoms with E-state index in [0.717, 1.165) is 13.1 Å². The molecule has 21 heavy (non-hydrogen) atoms. The van der Waals surface area contributed by atoms with Crippen LogP contribution in [0.25, 0.3) is 10.9 Å². The molecule has 0 aliphatic carbocycles. The molecule has 0 spiro atoms. The lowest BCUT2D eigenvalue weighted by molar-refractivity contribution is 0.227. The van der Waals surface area contributed by atoms with Crippen LogP contribution >= 0.6 is 0 Å². The van der Waals surface area contributed by atoms with Crippen molar-refractivity contribution in [2.45, 2.75) is 38.8 Å². The summed E-state index contributed by atoms with van der Waals surface area (Å²) in [7, 11) is 2.14. The number of piperidine rings is 1. The summed E-state index contributed by atoms with van der Waals surface area (Å²) < 4.78 is 2.25. The van der Waals surface area contributed by atoms with Crippen LogP contribution in [0.15, 0.2) is 30.5 Å². The molecule has 114 valence electrons. The van der Waals surface area contributed by atoms with Gasteiger partial charge in [0.05, 0.1) is 0 Å². The van der Waals surface area contributed by atoms with Gasteiger partial charge in [0, 0.05) is 43.3 Å². The third-order valence-corrected chi connectivity index (χ3v) is 4.71. The van der Waals surface area contributed by atoms with Crippen LogP contribution in [0.5, 0.6) is 0 Å². The van der Waals surface area contributed by atoms with E-state index in [1.54, 1.807) is 0 Å². The Morgan fingerprint density at radius 1 is 1.29 bits per heavy atom. The van der Waals surface area contributed by atoms with Gasteiger partial charge in [-0.05, 0) is 37.6 Å². The van der Waals surface area contributed by atoms with Crippen molar-refractivity contribution in [2.24, 2.45) is 7.05 Å². The molecule has 1 aliphatic rings. The van der Waals surface area contributed by atoms with Crippen LogP contribution in [0.1, 0.15) is 31.7 Å². The first-order valence-corrected chi connectivity index (χ1v) is 8.26. The normalized spacial score (nSPS) is 19.5. The number of nitrogens with one attached hydrogen (secondary N) is 1. The summed E-state index contributed by atoms with van der Waals surface area (Å²) in [6, 6.07) is 9.39. The minimum absolute atomic E-state index is 0.675. The standard InChI is InChI=1S/C18H27N3/c1-3-21(14-16-8-6-7-11-19-16)13-15-12-20(2)18-10-5-4-9-17(15)18/h4-5,9-10,12,16,19H,3,6-8,11,13-14H2,1-2H3. The van der Waals surface area contributed by atoms with E-state index in [1.165, 1.54) is 48.8 Å². The number of likely N-dealkylation sites (N-methyl/N-ethyl adjacent to an activating group) is 1. The Hall–Kier alpha value is -1.32. The Kier molecular flexibility index (Phi) is 4.61. The van der Waals surface area contributed by atoms with Gasteiger partial charge >= 0.3 is 0 Å². The lowest BCUT2D eigenvalue weighted by atomic mass is 10.0. The molecule has 0 amide bonds. The smallest absolute Gasteiger partial charge is 0.0481 e. The predicted molar refractivity (Wildman–Crippen MR) is 89.5 cm³/mol. The van der Waals surface area contributed by atoms with Crippen LogP contribution in [0.2, 0.25) is 0 Å². The van der Waals surface area contributed by atoms with Crippen molar-refractivity contribution in [3.8, 4) is 0 Å². The Bertz CT molecular complexity index is 581. The van der Waals surface area contributed by atoms with Crippen molar-refractivity contribution in [1.29, 1.82) is 0 Å². The summed E-state index contributed by atoms with van der Waals surface area (Å²) >= 11 is 0. The molecule has 2 heterocycles. The highest BCUT2D eigenvalue weighted by Crippen LogP contribution is 2.22. The van der Waals surface area contributed by atoms with Crippen molar-refractivity contribution in [1.82, 2.24) is 14.8 Å². The lowest BCUT2D eigenvalue weighted by Gasteiger charge is -2.29. The third-order valence-electron chi connectivity index (χ3n) is 4.71. The maximum atomic E-state index is 3.67. The molecule has 0 bridgehead atoms. The fourth-order valence-corrected chi connectivity index (χ4v) is 3.49. The van der Waals surface area contributed by atoms with Gasteiger partial charge in [0.2, 0.25) is 0 Å². The second-order valence-corrected chi connectivity index (χ2v) is 6.26. The van der Waals surface area contributed by atoms with Crippen LogP contribution < -0.4 is 5.32 Å². The van der Waals surface area contributed by atoms with Crippen LogP contribution in [0.3, 0.4) is 0 Å². The molecule has 1 saturated heterocycles. The number of nitrogens with zero attached hydrogens (tertiary/aromatic N) is 2. The molecule has 3 nitrogen and oxygen atoms in total. The molecule has 1 aromatic carbocycles. The minimum Gasteiger partial charge on any atom is -0.350 e. The second kappa shape index (κ2) is 6.63. The van der Waals surface area contributed by atoms with Crippen molar-refractivity contribution >= 4 is 10.9 Å². The van der Waals surface area contributed by atoms with Gasteiger partial charge in [-0.1, -0.05) is 31.5 Å². The molecule has 1 aliphatic heterocycles. The van der Waals surface area contributed by atoms with E-state index in [1.807, 2.05) is 0 Å². The highest BCUT2D eigenvalue weighted by atomic mass is 15.1. The van der Waals surface area contributed by atoms with Gasteiger partial charge in [0.1, 0.15) is 0 Å². The fraction of sp³-hybridized carbons (Fsp3) is 0.556. The van der Waals surface area contributed by atoms with Crippen molar-refractivity contribution in [2.75, 3.05) is 19.6 Å². The number of para-hydroxylation sites is 1. The molecule has 1 aromatic heterocycles. The first-order chi connectivity index (χ1) is 10.3. The van der Waals surface area contributed by atoms with Gasteiger partial charge in [0.15, 0.2) is 0 Å². The molecular weight excluding hydrogens is 258 g/mol. The van der Waals surface area contributed by atoms with Crippen molar-refractivity contribution < 1.29 is 0 Å². The van der Waals surface area contributed by atoms with Gasteiger partial charge in [-0.3, -0.25) is 4.90 Å². The molecule has 3 heteroatoms. The average molecular weight is 285 g/mol. The van der Waals surface area contributed by atoms with E-state index >= 15 is 0 Å². The number of aryl methyl sites for hydroxylation is 1. The Balaban J connectivity index is 1.73. The zero-order valence-electron chi connectivity index (χ0n) is 13.3. The van der Waals surface area contributed by atoms with Crippen molar-refractivity contribution in [3.05, 3.63) is 36.0 Å². The summed E-state index contributed by atoms with van der Waals surface area (Å²) in [5, 5.41) is 5.06. The van der Waals surface area contributed by atoms with Crippen LogP contribution in [-0.2, 0) is 13.6 Å². The van der Waals surface area contributed by atoms with Gasteiger partial charge < -0.3 is 9.88 Å². The van der Waals surface area contributed by atoms with E-state index in [4.69, 9.17) is 0 Å². The molecule has 3 rings (SSSR count). The maximum absolute atomic E-state index is 3.67.